The number of aromatic nitrogens is 1. The monoisotopic (exact) mass is 424 g/mol. The van der Waals surface area contributed by atoms with E-state index in [-0.39, 0.29) is 11.7 Å². The number of hydrogen-bond acceptors (Lipinski definition) is 6. The molecule has 1 aliphatic heterocycles. The maximum Gasteiger partial charge on any atom is 0.287 e. The molecule has 0 fully saturated rings. The van der Waals surface area contributed by atoms with E-state index in [1.165, 1.54) is 22.5 Å². The van der Waals surface area contributed by atoms with Crippen LogP contribution in [0.25, 0.3) is 0 Å². The van der Waals surface area contributed by atoms with Crippen molar-refractivity contribution in [2.24, 2.45) is 0 Å². The predicted molar refractivity (Wildman–Crippen MR) is 116 cm³/mol. The Balaban J connectivity index is 1.49. The van der Waals surface area contributed by atoms with E-state index in [0.29, 0.717) is 11.6 Å². The number of nitrogens with one attached hydrogen (secondary N) is 2. The van der Waals surface area contributed by atoms with Crippen molar-refractivity contribution in [2.75, 3.05) is 18.4 Å². The fraction of sp³-hybridized carbons (Fsp3) is 0.318. The van der Waals surface area contributed by atoms with Crippen LogP contribution in [-0.4, -0.2) is 40.8 Å². The largest absolute Gasteiger partial charge is 0.459 e. The van der Waals surface area contributed by atoms with Gasteiger partial charge < -0.3 is 15.1 Å². The lowest BCUT2D eigenvalue weighted by Gasteiger charge is -2.23. The van der Waals surface area contributed by atoms with Crippen molar-refractivity contribution in [1.82, 2.24) is 15.2 Å². The van der Waals surface area contributed by atoms with E-state index in [1.807, 2.05) is 30.3 Å². The van der Waals surface area contributed by atoms with E-state index in [2.05, 4.69) is 27.4 Å². The van der Waals surface area contributed by atoms with E-state index in [9.17, 15) is 9.59 Å². The van der Waals surface area contributed by atoms with Crippen LogP contribution < -0.4 is 10.6 Å². The summed E-state index contributed by atoms with van der Waals surface area (Å²) in [6.45, 7) is 4.99. The van der Waals surface area contributed by atoms with Gasteiger partial charge in [0.05, 0.1) is 12.0 Å². The number of thiazole rings is 1. The summed E-state index contributed by atoms with van der Waals surface area (Å²) in [4.78, 5) is 33.7. The lowest BCUT2D eigenvalue weighted by Crippen LogP contribution is -2.45. The molecule has 0 aliphatic carbocycles. The summed E-state index contributed by atoms with van der Waals surface area (Å²) in [7, 11) is 0. The van der Waals surface area contributed by atoms with Crippen molar-refractivity contribution >= 4 is 28.3 Å². The number of amides is 2. The molecule has 1 aliphatic rings. The van der Waals surface area contributed by atoms with Crippen LogP contribution in [-0.2, 0) is 24.2 Å². The second kappa shape index (κ2) is 9.23. The Labute approximate surface area is 179 Å². The molecule has 8 heteroatoms. The van der Waals surface area contributed by atoms with Crippen LogP contribution in [0.5, 0.6) is 0 Å². The predicted octanol–water partition coefficient (Wildman–Crippen LogP) is 3.09. The van der Waals surface area contributed by atoms with E-state index in [0.717, 1.165) is 37.3 Å². The van der Waals surface area contributed by atoms with E-state index in [4.69, 9.17) is 4.42 Å². The highest BCUT2D eigenvalue weighted by molar-refractivity contribution is 7.15. The van der Waals surface area contributed by atoms with Crippen LogP contribution in [0.2, 0.25) is 0 Å². The Hall–Kier alpha value is -2.97. The highest BCUT2D eigenvalue weighted by atomic mass is 32.1. The first-order valence-corrected chi connectivity index (χ1v) is 10.8. The molecule has 0 radical (unpaired) electrons. The molecule has 0 bridgehead atoms. The molecule has 3 aromatic rings. The van der Waals surface area contributed by atoms with Gasteiger partial charge in [-0.15, -0.1) is 11.3 Å². The second-order valence-corrected chi connectivity index (χ2v) is 8.27. The third-order valence-electron chi connectivity index (χ3n) is 5.14. The number of carbonyl (C=O) groups excluding carboxylic acids is 2. The molecule has 0 spiro atoms. The lowest BCUT2D eigenvalue weighted by atomic mass is 10.1. The first-order chi connectivity index (χ1) is 14.6. The van der Waals surface area contributed by atoms with Gasteiger partial charge in [-0.1, -0.05) is 37.3 Å². The minimum atomic E-state index is -0.752. The molecular formula is C22H24N4O3S. The SMILES string of the molecule is CCN1CCc2nc(NC(=O)C(Cc3ccccc3)NC(=O)c3ccco3)sc2C1. The lowest BCUT2D eigenvalue weighted by molar-refractivity contribution is -0.118. The molecular weight excluding hydrogens is 400 g/mol. The minimum Gasteiger partial charge on any atom is -0.459 e. The van der Waals surface area contributed by atoms with Crippen LogP contribution in [0.15, 0.2) is 53.1 Å². The van der Waals surface area contributed by atoms with Crippen LogP contribution in [0.1, 0.15) is 33.6 Å². The molecule has 0 saturated carbocycles. The minimum absolute atomic E-state index is 0.172. The summed E-state index contributed by atoms with van der Waals surface area (Å²) in [5, 5.41) is 6.27. The Morgan fingerprint density at radius 1 is 1.23 bits per heavy atom. The fourth-order valence-corrected chi connectivity index (χ4v) is 4.51. The van der Waals surface area contributed by atoms with Crippen LogP contribution >= 0.6 is 11.3 Å². The Kier molecular flexibility index (Phi) is 6.25. The van der Waals surface area contributed by atoms with Crippen molar-refractivity contribution in [3.8, 4) is 0 Å². The molecule has 1 atom stereocenters. The standard InChI is InChI=1S/C22H24N4O3S/c1-2-26-11-10-16-19(14-26)30-22(24-16)25-20(27)17(13-15-7-4-3-5-8-15)23-21(28)18-9-6-12-29-18/h3-9,12,17H,2,10-11,13-14H2,1H3,(H,23,28)(H,24,25,27). The van der Waals surface area contributed by atoms with Crippen LogP contribution in [0, 0.1) is 0 Å². The van der Waals surface area contributed by atoms with Crippen LogP contribution in [0.4, 0.5) is 5.13 Å². The number of hydrogen-bond donors (Lipinski definition) is 2. The molecule has 30 heavy (non-hydrogen) atoms. The van der Waals surface area contributed by atoms with Gasteiger partial charge in [0.1, 0.15) is 6.04 Å². The van der Waals surface area contributed by atoms with Gasteiger partial charge in [-0.3, -0.25) is 14.5 Å². The zero-order valence-electron chi connectivity index (χ0n) is 16.8. The molecule has 7 nitrogen and oxygen atoms in total. The Morgan fingerprint density at radius 3 is 2.80 bits per heavy atom. The normalized spacial score (nSPS) is 14.7. The summed E-state index contributed by atoms with van der Waals surface area (Å²) >= 11 is 1.51. The molecule has 4 rings (SSSR count). The molecule has 2 amide bonds. The smallest absolute Gasteiger partial charge is 0.287 e. The van der Waals surface area contributed by atoms with Gasteiger partial charge in [0.2, 0.25) is 5.91 Å². The number of nitrogens with zero attached hydrogens (tertiary/aromatic N) is 2. The van der Waals surface area contributed by atoms with Gasteiger partial charge >= 0.3 is 0 Å². The second-order valence-electron chi connectivity index (χ2n) is 7.19. The van der Waals surface area contributed by atoms with Crippen molar-refractivity contribution in [3.63, 3.8) is 0 Å². The number of anilines is 1. The van der Waals surface area contributed by atoms with Gasteiger partial charge in [-0.05, 0) is 24.2 Å². The summed E-state index contributed by atoms with van der Waals surface area (Å²) in [6.07, 6.45) is 2.69. The van der Waals surface area contributed by atoms with Gasteiger partial charge in [0.25, 0.3) is 5.91 Å². The van der Waals surface area contributed by atoms with Crippen molar-refractivity contribution < 1.29 is 14.0 Å². The maximum atomic E-state index is 13.1. The number of furan rings is 1. The van der Waals surface area contributed by atoms with Crippen molar-refractivity contribution in [1.29, 1.82) is 0 Å². The van der Waals surface area contributed by atoms with Crippen molar-refractivity contribution in [3.05, 3.63) is 70.6 Å². The van der Waals surface area contributed by atoms with E-state index >= 15 is 0 Å². The number of rotatable bonds is 7. The highest BCUT2D eigenvalue weighted by Crippen LogP contribution is 2.28. The third kappa shape index (κ3) is 4.77. The van der Waals surface area contributed by atoms with Gasteiger partial charge in [0, 0.05) is 30.8 Å². The molecule has 1 unspecified atom stereocenters. The van der Waals surface area contributed by atoms with Gasteiger partial charge in [-0.25, -0.2) is 4.98 Å². The summed E-state index contributed by atoms with van der Waals surface area (Å²) in [5.74, 6) is -0.546. The van der Waals surface area contributed by atoms with Gasteiger partial charge in [0.15, 0.2) is 10.9 Å². The first-order valence-electron chi connectivity index (χ1n) is 10.0. The zero-order chi connectivity index (χ0) is 20.9. The maximum absolute atomic E-state index is 13.1. The molecule has 0 saturated heterocycles. The van der Waals surface area contributed by atoms with Crippen molar-refractivity contribution in [2.45, 2.75) is 32.4 Å². The first kappa shape index (κ1) is 20.3. The summed E-state index contributed by atoms with van der Waals surface area (Å²) < 4.78 is 5.16. The molecule has 3 heterocycles. The van der Waals surface area contributed by atoms with Gasteiger partial charge in [-0.2, -0.15) is 0 Å². The fourth-order valence-electron chi connectivity index (χ4n) is 3.46. The molecule has 156 valence electrons. The molecule has 2 aromatic heterocycles. The average Bonchev–Trinajstić information content (AvgIpc) is 3.43. The topological polar surface area (TPSA) is 87.5 Å². The number of fused-ring (bicyclic) bond motifs is 1. The zero-order valence-corrected chi connectivity index (χ0v) is 17.6. The Morgan fingerprint density at radius 2 is 2.07 bits per heavy atom. The summed E-state index contributed by atoms with van der Waals surface area (Å²) in [5.41, 5.74) is 2.01. The quantitative estimate of drug-likeness (QED) is 0.609. The molecule has 1 aromatic carbocycles. The third-order valence-corrected chi connectivity index (χ3v) is 6.13. The average molecular weight is 425 g/mol. The van der Waals surface area contributed by atoms with E-state index in [1.54, 1.807) is 12.1 Å². The number of carbonyl (C=O) groups is 2. The summed E-state index contributed by atoms with van der Waals surface area (Å²) in [6, 6.07) is 12.1. The Bertz CT molecular complexity index is 1000. The highest BCUT2D eigenvalue weighted by Gasteiger charge is 2.25. The molecule has 2 N–H and O–H groups in total. The number of likely N-dealkylation sites (N-methyl/N-ethyl adjacent to an activating group) is 1. The number of benzene rings is 1. The van der Waals surface area contributed by atoms with E-state index < -0.39 is 11.9 Å². The van der Waals surface area contributed by atoms with Crippen LogP contribution in [0.3, 0.4) is 0 Å².